The molecule has 0 fully saturated rings. The Morgan fingerprint density at radius 3 is 2.43 bits per heavy atom. The quantitative estimate of drug-likeness (QED) is 0.648. The lowest BCUT2D eigenvalue weighted by Crippen LogP contribution is -2.29. The molecule has 1 aromatic heterocycles. The number of hydrogen-bond donors (Lipinski definition) is 2. The first-order chi connectivity index (χ1) is 13.4. The monoisotopic (exact) mass is 401 g/mol. The van der Waals surface area contributed by atoms with Crippen molar-refractivity contribution < 1.29 is 14.3 Å². The van der Waals surface area contributed by atoms with Crippen molar-refractivity contribution >= 4 is 17.5 Å². The van der Waals surface area contributed by atoms with Gasteiger partial charge in [-0.15, -0.1) is 0 Å². The summed E-state index contributed by atoms with van der Waals surface area (Å²) in [6.45, 7) is 3.97. The van der Waals surface area contributed by atoms with Crippen molar-refractivity contribution in [3.63, 3.8) is 0 Å². The van der Waals surface area contributed by atoms with Crippen LogP contribution in [0, 0.1) is 5.82 Å². The molecule has 1 unspecified atom stereocenters. The van der Waals surface area contributed by atoms with Gasteiger partial charge in [-0.3, -0.25) is 4.79 Å². The Morgan fingerprint density at radius 2 is 1.82 bits per heavy atom. The molecule has 0 aliphatic heterocycles. The van der Waals surface area contributed by atoms with E-state index in [1.807, 2.05) is 26.0 Å². The molecule has 0 saturated heterocycles. The van der Waals surface area contributed by atoms with Crippen LogP contribution in [0.15, 0.2) is 54.7 Å². The van der Waals surface area contributed by atoms with Gasteiger partial charge in [0.1, 0.15) is 5.82 Å². The standard InChI is InChI=1S/C21H21ClFN3O2/c1-13(2)20-18(11-25-26(20)17-9-5-15(22)6-10-17)21(28)24-12-19(27)14-3-7-16(23)8-4-14/h3-11,13,19,27H,12H2,1-2H3,(H,24,28). The van der Waals surface area contributed by atoms with Gasteiger partial charge >= 0.3 is 0 Å². The van der Waals surface area contributed by atoms with Crippen LogP contribution in [0.1, 0.15) is 47.5 Å². The zero-order chi connectivity index (χ0) is 20.3. The van der Waals surface area contributed by atoms with Crippen LogP contribution in [0.4, 0.5) is 4.39 Å². The highest BCUT2D eigenvalue weighted by molar-refractivity contribution is 6.30. The molecule has 146 valence electrons. The van der Waals surface area contributed by atoms with Gasteiger partial charge < -0.3 is 10.4 Å². The number of hydrogen-bond acceptors (Lipinski definition) is 3. The maximum absolute atomic E-state index is 13.0. The first kappa shape index (κ1) is 20.0. The minimum absolute atomic E-state index is 0.00806. The molecule has 0 aliphatic rings. The molecule has 1 atom stereocenters. The van der Waals surface area contributed by atoms with E-state index in [4.69, 9.17) is 11.6 Å². The van der Waals surface area contributed by atoms with Crippen LogP contribution in [0.5, 0.6) is 0 Å². The van der Waals surface area contributed by atoms with Crippen LogP contribution in [-0.4, -0.2) is 27.3 Å². The fourth-order valence-corrected chi connectivity index (χ4v) is 3.09. The van der Waals surface area contributed by atoms with E-state index in [-0.39, 0.29) is 24.2 Å². The van der Waals surface area contributed by atoms with Crippen LogP contribution in [0.25, 0.3) is 5.69 Å². The summed E-state index contributed by atoms with van der Waals surface area (Å²) in [6, 6.07) is 12.7. The number of carbonyl (C=O) groups is 1. The number of aromatic nitrogens is 2. The van der Waals surface area contributed by atoms with Gasteiger partial charge in [-0.2, -0.15) is 5.10 Å². The molecule has 3 rings (SSSR count). The first-order valence-electron chi connectivity index (χ1n) is 8.92. The van der Waals surface area contributed by atoms with E-state index in [2.05, 4.69) is 10.4 Å². The second-order valence-corrected chi connectivity index (χ2v) is 7.20. The third-order valence-electron chi connectivity index (χ3n) is 4.38. The predicted molar refractivity (Wildman–Crippen MR) is 106 cm³/mol. The first-order valence-corrected chi connectivity index (χ1v) is 9.30. The molecular weight excluding hydrogens is 381 g/mol. The molecule has 0 aliphatic carbocycles. The van der Waals surface area contributed by atoms with Crippen LogP contribution < -0.4 is 5.32 Å². The summed E-state index contributed by atoms with van der Waals surface area (Å²) in [4.78, 5) is 12.7. The van der Waals surface area contributed by atoms with Crippen molar-refractivity contribution in [1.82, 2.24) is 15.1 Å². The number of carbonyl (C=O) groups excluding carboxylic acids is 1. The molecule has 2 N–H and O–H groups in total. The van der Waals surface area contributed by atoms with E-state index >= 15 is 0 Å². The van der Waals surface area contributed by atoms with Gasteiger partial charge in [0, 0.05) is 11.6 Å². The minimum Gasteiger partial charge on any atom is -0.387 e. The van der Waals surface area contributed by atoms with Gasteiger partial charge in [-0.25, -0.2) is 9.07 Å². The molecule has 1 heterocycles. The fourth-order valence-electron chi connectivity index (χ4n) is 2.96. The fraction of sp³-hybridized carbons (Fsp3) is 0.238. The highest BCUT2D eigenvalue weighted by atomic mass is 35.5. The number of halogens is 2. The van der Waals surface area contributed by atoms with Gasteiger partial charge in [0.15, 0.2) is 0 Å². The highest BCUT2D eigenvalue weighted by Gasteiger charge is 2.21. The molecule has 3 aromatic rings. The molecule has 5 nitrogen and oxygen atoms in total. The Kier molecular flexibility index (Phi) is 6.11. The summed E-state index contributed by atoms with van der Waals surface area (Å²) in [5.74, 6) is -0.665. The van der Waals surface area contributed by atoms with Crippen molar-refractivity contribution in [2.75, 3.05) is 6.54 Å². The van der Waals surface area contributed by atoms with Crippen molar-refractivity contribution in [3.8, 4) is 5.69 Å². The lowest BCUT2D eigenvalue weighted by atomic mass is 10.0. The van der Waals surface area contributed by atoms with E-state index in [1.165, 1.54) is 30.5 Å². The Hall–Kier alpha value is -2.70. The number of nitrogens with one attached hydrogen (secondary N) is 1. The van der Waals surface area contributed by atoms with Gasteiger partial charge in [0.2, 0.25) is 0 Å². The number of amides is 1. The molecular formula is C21H21ClFN3O2. The normalized spacial score (nSPS) is 12.2. The summed E-state index contributed by atoms with van der Waals surface area (Å²) < 4.78 is 14.7. The maximum atomic E-state index is 13.0. The summed E-state index contributed by atoms with van der Waals surface area (Å²) in [6.07, 6.45) is 0.585. The predicted octanol–water partition coefficient (Wildman–Crippen LogP) is 4.25. The van der Waals surface area contributed by atoms with Crippen molar-refractivity contribution in [2.24, 2.45) is 0 Å². The Balaban J connectivity index is 1.78. The summed E-state index contributed by atoms with van der Waals surface area (Å²) in [5, 5.41) is 17.9. The number of benzene rings is 2. The number of nitrogens with zero attached hydrogens (tertiary/aromatic N) is 2. The Labute approximate surface area is 167 Å². The summed E-state index contributed by atoms with van der Waals surface area (Å²) >= 11 is 5.95. The third-order valence-corrected chi connectivity index (χ3v) is 4.63. The van der Waals surface area contributed by atoms with Crippen LogP contribution in [-0.2, 0) is 0 Å². The van der Waals surface area contributed by atoms with E-state index in [0.29, 0.717) is 16.1 Å². The zero-order valence-corrected chi connectivity index (χ0v) is 16.3. The van der Waals surface area contributed by atoms with Crippen LogP contribution in [0.3, 0.4) is 0 Å². The molecule has 1 amide bonds. The van der Waals surface area contributed by atoms with Crippen molar-refractivity contribution in [1.29, 1.82) is 0 Å². The average molecular weight is 402 g/mol. The molecule has 0 bridgehead atoms. The summed E-state index contributed by atoms with van der Waals surface area (Å²) in [7, 11) is 0. The van der Waals surface area contributed by atoms with Gasteiger partial charge in [0.25, 0.3) is 5.91 Å². The minimum atomic E-state index is -0.932. The van der Waals surface area contributed by atoms with E-state index in [1.54, 1.807) is 16.8 Å². The topological polar surface area (TPSA) is 67.2 Å². The number of rotatable bonds is 6. The molecule has 0 saturated carbocycles. The number of aliphatic hydroxyl groups excluding tert-OH is 1. The molecule has 2 aromatic carbocycles. The van der Waals surface area contributed by atoms with Crippen molar-refractivity contribution in [3.05, 3.63) is 82.4 Å². The van der Waals surface area contributed by atoms with Crippen molar-refractivity contribution in [2.45, 2.75) is 25.9 Å². The molecule has 7 heteroatoms. The molecule has 28 heavy (non-hydrogen) atoms. The van der Waals surface area contributed by atoms with E-state index in [0.717, 1.165) is 11.4 Å². The third kappa shape index (κ3) is 4.40. The van der Waals surface area contributed by atoms with E-state index < -0.39 is 6.10 Å². The lowest BCUT2D eigenvalue weighted by Gasteiger charge is -2.15. The van der Waals surface area contributed by atoms with E-state index in [9.17, 15) is 14.3 Å². The number of aliphatic hydroxyl groups is 1. The Bertz CT molecular complexity index is 953. The largest absolute Gasteiger partial charge is 0.387 e. The molecule has 0 spiro atoms. The second kappa shape index (κ2) is 8.54. The smallest absolute Gasteiger partial charge is 0.254 e. The zero-order valence-electron chi connectivity index (χ0n) is 15.6. The van der Waals surface area contributed by atoms with Gasteiger partial charge in [-0.1, -0.05) is 37.6 Å². The van der Waals surface area contributed by atoms with Crippen LogP contribution in [0.2, 0.25) is 5.02 Å². The molecule has 0 radical (unpaired) electrons. The Morgan fingerprint density at radius 1 is 1.18 bits per heavy atom. The maximum Gasteiger partial charge on any atom is 0.254 e. The van der Waals surface area contributed by atoms with Gasteiger partial charge in [0.05, 0.1) is 29.2 Å². The second-order valence-electron chi connectivity index (χ2n) is 6.76. The highest BCUT2D eigenvalue weighted by Crippen LogP contribution is 2.24. The SMILES string of the molecule is CC(C)c1c(C(=O)NCC(O)c2ccc(F)cc2)cnn1-c1ccc(Cl)cc1. The van der Waals surface area contributed by atoms with Gasteiger partial charge in [-0.05, 0) is 47.9 Å². The summed E-state index contributed by atoms with van der Waals surface area (Å²) in [5.41, 5.74) is 2.54. The lowest BCUT2D eigenvalue weighted by molar-refractivity contribution is 0.0915. The average Bonchev–Trinajstić information content (AvgIpc) is 3.12. The van der Waals surface area contributed by atoms with Crippen LogP contribution >= 0.6 is 11.6 Å².